The van der Waals surface area contributed by atoms with Crippen molar-refractivity contribution in [3.05, 3.63) is 57.8 Å². The van der Waals surface area contributed by atoms with Gasteiger partial charge in [0.05, 0.1) is 4.90 Å². The summed E-state index contributed by atoms with van der Waals surface area (Å²) in [4.78, 5) is 0.0591. The highest BCUT2D eigenvalue weighted by Gasteiger charge is 2.13. The molecule has 0 heterocycles. The fourth-order valence-electron chi connectivity index (χ4n) is 1.97. The van der Waals surface area contributed by atoms with Gasteiger partial charge in [0.2, 0.25) is 10.0 Å². The number of benzene rings is 2. The lowest BCUT2D eigenvalue weighted by atomic mass is 10.1. The normalized spacial score (nSPS) is 11.4. The number of nitrogens with one attached hydrogen (secondary N) is 1. The van der Waals surface area contributed by atoms with E-state index in [2.05, 4.69) is 21.2 Å². The first-order valence-corrected chi connectivity index (χ1v) is 8.43. The van der Waals surface area contributed by atoms with Gasteiger partial charge in [0, 0.05) is 22.3 Å². The van der Waals surface area contributed by atoms with Crippen molar-refractivity contribution in [2.75, 3.05) is 5.32 Å². The Hall–Kier alpha value is -1.44. The van der Waals surface area contributed by atoms with Crippen LogP contribution in [0.4, 0.5) is 10.1 Å². The molecular weight excluding hydrogens is 359 g/mol. The van der Waals surface area contributed by atoms with Gasteiger partial charge in [0.25, 0.3) is 0 Å². The van der Waals surface area contributed by atoms with E-state index in [1.54, 1.807) is 31.2 Å². The zero-order chi connectivity index (χ0) is 15.6. The molecule has 0 atom stereocenters. The maximum Gasteiger partial charge on any atom is 0.238 e. The highest BCUT2D eigenvalue weighted by molar-refractivity contribution is 9.10. The van der Waals surface area contributed by atoms with E-state index in [0.717, 1.165) is 0 Å². The Morgan fingerprint density at radius 3 is 2.62 bits per heavy atom. The van der Waals surface area contributed by atoms with Crippen LogP contribution >= 0.6 is 15.9 Å². The van der Waals surface area contributed by atoms with E-state index in [0.29, 0.717) is 21.3 Å². The zero-order valence-corrected chi connectivity index (χ0v) is 13.6. The molecule has 3 N–H and O–H groups in total. The maximum atomic E-state index is 13.7. The lowest BCUT2D eigenvalue weighted by Gasteiger charge is -2.12. The van der Waals surface area contributed by atoms with E-state index < -0.39 is 10.0 Å². The highest BCUT2D eigenvalue weighted by Crippen LogP contribution is 2.23. The van der Waals surface area contributed by atoms with Gasteiger partial charge in [-0.3, -0.25) is 0 Å². The lowest BCUT2D eigenvalue weighted by Crippen LogP contribution is -2.14. The van der Waals surface area contributed by atoms with E-state index >= 15 is 0 Å². The number of hydrogen-bond acceptors (Lipinski definition) is 3. The molecule has 0 aliphatic carbocycles. The fraction of sp³-hybridized carbons (Fsp3) is 0.143. The minimum absolute atomic E-state index is 0.0591. The number of halogens is 2. The molecule has 2 rings (SSSR count). The van der Waals surface area contributed by atoms with Crippen LogP contribution in [0.2, 0.25) is 0 Å². The predicted molar refractivity (Wildman–Crippen MR) is 84.0 cm³/mol. The third kappa shape index (κ3) is 3.81. The van der Waals surface area contributed by atoms with Gasteiger partial charge in [-0.05, 0) is 36.8 Å². The van der Waals surface area contributed by atoms with Crippen LogP contribution in [0.25, 0.3) is 0 Å². The number of sulfonamides is 1. The summed E-state index contributed by atoms with van der Waals surface area (Å²) in [7, 11) is -3.77. The quantitative estimate of drug-likeness (QED) is 0.865. The van der Waals surface area contributed by atoms with Crippen molar-refractivity contribution < 1.29 is 12.8 Å². The molecule has 4 nitrogen and oxygen atoms in total. The molecule has 7 heteroatoms. The van der Waals surface area contributed by atoms with Crippen LogP contribution in [0.1, 0.15) is 11.1 Å². The van der Waals surface area contributed by atoms with Crippen molar-refractivity contribution in [2.24, 2.45) is 5.14 Å². The van der Waals surface area contributed by atoms with Crippen molar-refractivity contribution in [1.82, 2.24) is 0 Å². The maximum absolute atomic E-state index is 13.7. The number of hydrogen-bond donors (Lipinski definition) is 2. The van der Waals surface area contributed by atoms with Crippen LogP contribution in [-0.4, -0.2) is 8.42 Å². The Bertz CT molecular complexity index is 779. The van der Waals surface area contributed by atoms with Crippen LogP contribution in [0.15, 0.2) is 45.8 Å². The Labute approximate surface area is 131 Å². The first-order valence-electron chi connectivity index (χ1n) is 6.09. The van der Waals surface area contributed by atoms with Gasteiger partial charge >= 0.3 is 0 Å². The Balaban J connectivity index is 2.25. The molecular formula is C14H14BrFN2O2S. The van der Waals surface area contributed by atoms with Crippen LogP contribution in [0.3, 0.4) is 0 Å². The van der Waals surface area contributed by atoms with Gasteiger partial charge in [0.1, 0.15) is 5.82 Å². The Morgan fingerprint density at radius 1 is 1.29 bits per heavy atom. The van der Waals surface area contributed by atoms with Crippen LogP contribution < -0.4 is 10.5 Å². The molecule has 0 fully saturated rings. The average molecular weight is 373 g/mol. The Morgan fingerprint density at radius 2 is 2.00 bits per heavy atom. The van der Waals surface area contributed by atoms with E-state index in [1.807, 2.05) is 0 Å². The third-order valence-corrected chi connectivity index (χ3v) is 4.62. The van der Waals surface area contributed by atoms with Crippen molar-refractivity contribution in [2.45, 2.75) is 18.4 Å². The second-order valence-electron chi connectivity index (χ2n) is 4.56. The summed E-state index contributed by atoms with van der Waals surface area (Å²) < 4.78 is 37.3. The molecule has 0 saturated carbocycles. The number of rotatable bonds is 4. The molecule has 0 aromatic heterocycles. The van der Waals surface area contributed by atoms with Crippen molar-refractivity contribution in [1.29, 1.82) is 0 Å². The second kappa shape index (κ2) is 6.13. The summed E-state index contributed by atoms with van der Waals surface area (Å²) in [6.45, 7) is 1.90. The predicted octanol–water partition coefficient (Wildman–Crippen LogP) is 3.16. The van der Waals surface area contributed by atoms with E-state index in [1.165, 1.54) is 12.1 Å². The number of anilines is 1. The summed E-state index contributed by atoms with van der Waals surface area (Å²) in [5.41, 5.74) is 1.60. The SMILES string of the molecule is Cc1c(NCc2ccc(Br)cc2F)cccc1S(N)(=O)=O. The van der Waals surface area contributed by atoms with Gasteiger partial charge in [-0.25, -0.2) is 17.9 Å². The largest absolute Gasteiger partial charge is 0.381 e. The molecule has 0 unspecified atom stereocenters. The van der Waals surface area contributed by atoms with Gasteiger partial charge in [-0.2, -0.15) is 0 Å². The molecule has 112 valence electrons. The molecule has 0 radical (unpaired) electrons. The van der Waals surface area contributed by atoms with Crippen molar-refractivity contribution in [3.8, 4) is 0 Å². The average Bonchev–Trinajstić information content (AvgIpc) is 2.38. The topological polar surface area (TPSA) is 72.2 Å². The van der Waals surface area contributed by atoms with E-state index in [9.17, 15) is 12.8 Å². The van der Waals surface area contributed by atoms with Gasteiger partial charge in [-0.15, -0.1) is 0 Å². The van der Waals surface area contributed by atoms with Crippen LogP contribution in [-0.2, 0) is 16.6 Å². The monoisotopic (exact) mass is 372 g/mol. The summed E-state index contributed by atoms with van der Waals surface area (Å²) >= 11 is 3.19. The van der Waals surface area contributed by atoms with Crippen LogP contribution in [0, 0.1) is 12.7 Å². The third-order valence-electron chi connectivity index (χ3n) is 3.08. The van der Waals surface area contributed by atoms with Crippen molar-refractivity contribution in [3.63, 3.8) is 0 Å². The molecule has 0 bridgehead atoms. The Kier molecular flexibility index (Phi) is 4.65. The molecule has 0 aliphatic heterocycles. The molecule has 21 heavy (non-hydrogen) atoms. The zero-order valence-electron chi connectivity index (χ0n) is 11.2. The number of primary sulfonamides is 1. The first-order chi connectivity index (χ1) is 9.79. The molecule has 2 aromatic carbocycles. The summed E-state index contributed by atoms with van der Waals surface area (Å²) in [6.07, 6.45) is 0. The minimum Gasteiger partial charge on any atom is -0.381 e. The fourth-order valence-corrected chi connectivity index (χ4v) is 3.11. The molecule has 2 aromatic rings. The van der Waals surface area contributed by atoms with Gasteiger partial charge < -0.3 is 5.32 Å². The highest BCUT2D eigenvalue weighted by atomic mass is 79.9. The minimum atomic E-state index is -3.77. The van der Waals surface area contributed by atoms with Gasteiger partial charge in [-0.1, -0.05) is 28.1 Å². The van der Waals surface area contributed by atoms with Crippen molar-refractivity contribution >= 4 is 31.6 Å². The van der Waals surface area contributed by atoms with Crippen LogP contribution in [0.5, 0.6) is 0 Å². The number of nitrogens with two attached hydrogens (primary N) is 1. The molecule has 0 aliphatic rings. The molecule has 0 saturated heterocycles. The molecule has 0 amide bonds. The second-order valence-corrected chi connectivity index (χ2v) is 7.01. The smallest absolute Gasteiger partial charge is 0.238 e. The standard InChI is InChI=1S/C14H14BrFN2O2S/c1-9-13(3-2-4-14(9)21(17,19)20)18-8-10-5-6-11(15)7-12(10)16/h2-7,18H,8H2,1H3,(H2,17,19,20). The molecule has 0 spiro atoms. The summed E-state index contributed by atoms with van der Waals surface area (Å²) in [5, 5.41) is 8.18. The summed E-state index contributed by atoms with van der Waals surface area (Å²) in [6, 6.07) is 9.54. The lowest BCUT2D eigenvalue weighted by molar-refractivity contribution is 0.597. The van der Waals surface area contributed by atoms with E-state index in [-0.39, 0.29) is 17.3 Å². The van der Waals surface area contributed by atoms with Gasteiger partial charge in [0.15, 0.2) is 0 Å². The first kappa shape index (κ1) is 15.9. The summed E-state index contributed by atoms with van der Waals surface area (Å²) in [5.74, 6) is -0.336. The van der Waals surface area contributed by atoms with E-state index in [4.69, 9.17) is 5.14 Å².